The molecule has 26 heavy (non-hydrogen) atoms. The normalized spacial score (nSPS) is 17.8. The van der Waals surface area contributed by atoms with Gasteiger partial charge in [-0.2, -0.15) is 13.2 Å². The van der Waals surface area contributed by atoms with Gasteiger partial charge in [-0.1, -0.05) is 12.1 Å². The van der Waals surface area contributed by atoms with Gasteiger partial charge >= 0.3 is 6.18 Å². The SMILES string of the molecule is O=C(Nc1ccccc1F)C1CCCN(c2ncccc2C(F)(F)F)C1. The molecular formula is C18H17F4N3O. The van der Waals surface area contributed by atoms with Crippen molar-refractivity contribution < 1.29 is 22.4 Å². The van der Waals surface area contributed by atoms with Crippen LogP contribution in [0.3, 0.4) is 0 Å². The molecule has 1 atom stereocenters. The quantitative estimate of drug-likeness (QED) is 0.831. The Kier molecular flexibility index (Phi) is 5.11. The van der Waals surface area contributed by atoms with E-state index in [4.69, 9.17) is 0 Å². The second-order valence-electron chi connectivity index (χ2n) is 6.13. The first kappa shape index (κ1) is 18.2. The van der Waals surface area contributed by atoms with Gasteiger partial charge in [-0.3, -0.25) is 4.79 Å². The third-order valence-corrected chi connectivity index (χ3v) is 4.32. The Morgan fingerprint density at radius 2 is 1.96 bits per heavy atom. The fourth-order valence-electron chi connectivity index (χ4n) is 3.05. The van der Waals surface area contributed by atoms with Gasteiger partial charge in [0, 0.05) is 19.3 Å². The van der Waals surface area contributed by atoms with Crippen molar-refractivity contribution in [1.82, 2.24) is 4.98 Å². The third kappa shape index (κ3) is 3.95. The van der Waals surface area contributed by atoms with Crippen molar-refractivity contribution in [3.8, 4) is 0 Å². The number of para-hydroxylation sites is 1. The Labute approximate surface area is 147 Å². The zero-order valence-electron chi connectivity index (χ0n) is 13.8. The Hall–Kier alpha value is -2.64. The second kappa shape index (κ2) is 7.31. The number of hydrogen-bond donors (Lipinski definition) is 1. The van der Waals surface area contributed by atoms with Gasteiger partial charge in [-0.25, -0.2) is 9.37 Å². The molecule has 138 valence electrons. The number of carbonyl (C=O) groups is 1. The molecule has 0 spiro atoms. The van der Waals surface area contributed by atoms with E-state index in [0.717, 1.165) is 6.07 Å². The van der Waals surface area contributed by atoms with Gasteiger partial charge in [0.05, 0.1) is 17.2 Å². The van der Waals surface area contributed by atoms with Crippen LogP contribution in [0.1, 0.15) is 18.4 Å². The number of aromatic nitrogens is 1. The highest BCUT2D eigenvalue weighted by Gasteiger charge is 2.37. The van der Waals surface area contributed by atoms with Crippen molar-refractivity contribution in [2.24, 2.45) is 5.92 Å². The lowest BCUT2D eigenvalue weighted by Gasteiger charge is -2.34. The molecule has 1 aromatic heterocycles. The molecule has 3 rings (SSSR count). The van der Waals surface area contributed by atoms with E-state index in [0.29, 0.717) is 19.4 Å². The van der Waals surface area contributed by atoms with Crippen molar-refractivity contribution in [3.05, 3.63) is 54.0 Å². The summed E-state index contributed by atoms with van der Waals surface area (Å²) < 4.78 is 53.3. The summed E-state index contributed by atoms with van der Waals surface area (Å²) in [5.41, 5.74) is -0.765. The highest BCUT2D eigenvalue weighted by Crippen LogP contribution is 2.36. The summed E-state index contributed by atoms with van der Waals surface area (Å²) in [6, 6.07) is 7.98. The zero-order valence-corrected chi connectivity index (χ0v) is 13.8. The summed E-state index contributed by atoms with van der Waals surface area (Å²) in [7, 11) is 0. The molecule has 1 fully saturated rings. The minimum absolute atomic E-state index is 0.0587. The van der Waals surface area contributed by atoms with Crippen LogP contribution >= 0.6 is 0 Å². The van der Waals surface area contributed by atoms with Gasteiger partial charge < -0.3 is 10.2 Å². The number of rotatable bonds is 3. The Bertz CT molecular complexity index is 794. The van der Waals surface area contributed by atoms with Crippen LogP contribution in [-0.2, 0) is 11.0 Å². The van der Waals surface area contributed by atoms with Crippen molar-refractivity contribution >= 4 is 17.4 Å². The number of hydrogen-bond acceptors (Lipinski definition) is 3. The van der Waals surface area contributed by atoms with Gasteiger partial charge in [-0.15, -0.1) is 0 Å². The zero-order chi connectivity index (χ0) is 18.7. The van der Waals surface area contributed by atoms with Crippen LogP contribution in [0.15, 0.2) is 42.6 Å². The number of pyridine rings is 1. The van der Waals surface area contributed by atoms with Crippen LogP contribution in [0, 0.1) is 11.7 Å². The van der Waals surface area contributed by atoms with Gasteiger partial charge in [0.15, 0.2) is 0 Å². The highest BCUT2D eigenvalue weighted by molar-refractivity contribution is 5.93. The molecule has 1 aromatic carbocycles. The molecule has 1 unspecified atom stereocenters. The molecule has 1 amide bonds. The molecule has 1 aliphatic rings. The van der Waals surface area contributed by atoms with Crippen LogP contribution in [0.2, 0.25) is 0 Å². The smallest absolute Gasteiger partial charge is 0.355 e. The molecule has 8 heteroatoms. The van der Waals surface area contributed by atoms with E-state index in [1.807, 2.05) is 0 Å². The fourth-order valence-corrected chi connectivity index (χ4v) is 3.05. The van der Waals surface area contributed by atoms with Crippen molar-refractivity contribution in [3.63, 3.8) is 0 Å². The number of piperidine rings is 1. The molecule has 1 N–H and O–H groups in total. The maximum absolute atomic E-state index is 13.7. The predicted molar refractivity (Wildman–Crippen MR) is 89.2 cm³/mol. The number of carbonyl (C=O) groups excluding carboxylic acids is 1. The maximum Gasteiger partial charge on any atom is 0.419 e. The monoisotopic (exact) mass is 367 g/mol. The van der Waals surface area contributed by atoms with Crippen molar-refractivity contribution in [2.45, 2.75) is 19.0 Å². The standard InChI is InChI=1S/C18H17F4N3O/c19-14-7-1-2-8-15(14)24-17(26)12-5-4-10-25(11-12)16-13(18(20,21)22)6-3-9-23-16/h1-3,6-9,12H,4-5,10-11H2,(H,24,26). The molecule has 0 saturated carbocycles. The number of benzene rings is 1. The highest BCUT2D eigenvalue weighted by atomic mass is 19.4. The van der Waals surface area contributed by atoms with Crippen LogP contribution < -0.4 is 10.2 Å². The van der Waals surface area contributed by atoms with Gasteiger partial charge in [0.25, 0.3) is 0 Å². The topological polar surface area (TPSA) is 45.2 Å². The minimum atomic E-state index is -4.52. The van der Waals surface area contributed by atoms with Crippen LogP contribution in [0.4, 0.5) is 29.1 Å². The van der Waals surface area contributed by atoms with Gasteiger partial charge in [-0.05, 0) is 37.1 Å². The van der Waals surface area contributed by atoms with E-state index >= 15 is 0 Å². The summed E-state index contributed by atoms with van der Waals surface area (Å²) in [6.45, 7) is 0.476. The van der Waals surface area contributed by atoms with E-state index in [1.54, 1.807) is 6.07 Å². The maximum atomic E-state index is 13.7. The van der Waals surface area contributed by atoms with E-state index in [9.17, 15) is 22.4 Å². The summed E-state index contributed by atoms with van der Waals surface area (Å²) in [5.74, 6) is -1.70. The molecule has 2 aromatic rings. The molecule has 1 saturated heterocycles. The van der Waals surface area contributed by atoms with E-state index in [-0.39, 0.29) is 18.1 Å². The number of nitrogens with zero attached hydrogens (tertiary/aromatic N) is 2. The first-order chi connectivity index (χ1) is 12.4. The fraction of sp³-hybridized carbons (Fsp3) is 0.333. The summed E-state index contributed by atoms with van der Waals surface area (Å²) in [6.07, 6.45) is -2.16. The molecule has 1 aliphatic heterocycles. The number of halogens is 4. The molecule has 0 radical (unpaired) electrons. The Morgan fingerprint density at radius 3 is 2.69 bits per heavy atom. The first-order valence-corrected chi connectivity index (χ1v) is 8.19. The molecule has 4 nitrogen and oxygen atoms in total. The van der Waals surface area contributed by atoms with Crippen molar-refractivity contribution in [1.29, 1.82) is 0 Å². The Morgan fingerprint density at radius 1 is 1.19 bits per heavy atom. The second-order valence-corrected chi connectivity index (χ2v) is 6.13. The summed E-state index contributed by atoms with van der Waals surface area (Å²) in [5, 5.41) is 2.51. The van der Waals surface area contributed by atoms with Crippen molar-refractivity contribution in [2.75, 3.05) is 23.3 Å². The van der Waals surface area contributed by atoms with E-state index < -0.39 is 29.4 Å². The van der Waals surface area contributed by atoms with Gasteiger partial charge in [0.1, 0.15) is 11.6 Å². The summed E-state index contributed by atoms with van der Waals surface area (Å²) >= 11 is 0. The average molecular weight is 367 g/mol. The van der Waals surface area contributed by atoms with Gasteiger partial charge in [0.2, 0.25) is 5.91 Å². The lowest BCUT2D eigenvalue weighted by atomic mass is 9.96. The minimum Gasteiger partial charge on any atom is -0.355 e. The van der Waals surface area contributed by atoms with E-state index in [2.05, 4.69) is 10.3 Å². The number of alkyl halides is 3. The number of amides is 1. The molecule has 0 bridgehead atoms. The van der Waals surface area contributed by atoms with Crippen LogP contribution in [0.5, 0.6) is 0 Å². The molecule has 0 aliphatic carbocycles. The molecular weight excluding hydrogens is 350 g/mol. The summed E-state index contributed by atoms with van der Waals surface area (Å²) in [4.78, 5) is 17.8. The largest absolute Gasteiger partial charge is 0.419 e. The predicted octanol–water partition coefficient (Wildman–Crippen LogP) is 4.09. The van der Waals surface area contributed by atoms with Crippen LogP contribution in [-0.4, -0.2) is 24.0 Å². The first-order valence-electron chi connectivity index (χ1n) is 8.19. The van der Waals surface area contributed by atoms with Crippen LogP contribution in [0.25, 0.3) is 0 Å². The average Bonchev–Trinajstić information content (AvgIpc) is 2.63. The third-order valence-electron chi connectivity index (χ3n) is 4.32. The lowest BCUT2D eigenvalue weighted by Crippen LogP contribution is -2.42. The number of anilines is 2. The van der Waals surface area contributed by atoms with E-state index in [1.165, 1.54) is 35.4 Å². The molecule has 2 heterocycles. The lowest BCUT2D eigenvalue weighted by molar-refractivity contribution is -0.137. The Balaban J connectivity index is 1.76. The number of nitrogens with one attached hydrogen (secondary N) is 1.